The molecule has 0 aliphatic heterocycles. The van der Waals surface area contributed by atoms with Crippen LogP contribution < -0.4 is 0 Å². The van der Waals surface area contributed by atoms with Crippen molar-refractivity contribution in [3.05, 3.63) is 29.3 Å². The van der Waals surface area contributed by atoms with Crippen LogP contribution in [-0.2, 0) is 4.79 Å². The maximum Gasteiger partial charge on any atom is 0.152 e. The van der Waals surface area contributed by atoms with Crippen molar-refractivity contribution in [1.29, 1.82) is 5.26 Å². The number of hydrogen-bond donors (Lipinski definition) is 1. The van der Waals surface area contributed by atoms with Gasteiger partial charge in [-0.25, -0.2) is 0 Å². The Balaban J connectivity index is 3.25. The van der Waals surface area contributed by atoms with E-state index < -0.39 is 5.38 Å². The van der Waals surface area contributed by atoms with E-state index in [0.717, 1.165) is 0 Å². The number of halogens is 1. The van der Waals surface area contributed by atoms with Gasteiger partial charge in [0.25, 0.3) is 0 Å². The van der Waals surface area contributed by atoms with E-state index >= 15 is 0 Å². The van der Waals surface area contributed by atoms with Gasteiger partial charge in [0, 0.05) is 0 Å². The molecule has 1 aromatic rings. The molecule has 3 nitrogen and oxygen atoms in total. The van der Waals surface area contributed by atoms with Crippen molar-refractivity contribution >= 4 is 17.4 Å². The van der Waals surface area contributed by atoms with Gasteiger partial charge in [0.15, 0.2) is 5.78 Å². The number of carbonyl (C=O) groups is 1. The molecule has 72 valence electrons. The van der Waals surface area contributed by atoms with Crippen LogP contribution in [0.3, 0.4) is 0 Å². The van der Waals surface area contributed by atoms with Crippen molar-refractivity contribution in [2.75, 3.05) is 0 Å². The highest BCUT2D eigenvalue weighted by Gasteiger charge is 2.17. The van der Waals surface area contributed by atoms with Crippen molar-refractivity contribution < 1.29 is 9.90 Å². The van der Waals surface area contributed by atoms with E-state index in [4.69, 9.17) is 16.9 Å². The Kier molecular flexibility index (Phi) is 3.10. The molecule has 1 atom stereocenters. The Morgan fingerprint density at radius 1 is 1.64 bits per heavy atom. The SMILES string of the molecule is CC(=O)C(Cl)c1cc(O)ccc1C#N. The van der Waals surface area contributed by atoms with Gasteiger partial charge in [-0.2, -0.15) is 5.26 Å². The van der Waals surface area contributed by atoms with Crippen molar-refractivity contribution in [3.63, 3.8) is 0 Å². The van der Waals surface area contributed by atoms with E-state index in [-0.39, 0.29) is 11.5 Å². The number of hydrogen-bond acceptors (Lipinski definition) is 3. The van der Waals surface area contributed by atoms with E-state index in [9.17, 15) is 9.90 Å². The van der Waals surface area contributed by atoms with Gasteiger partial charge >= 0.3 is 0 Å². The summed E-state index contributed by atoms with van der Waals surface area (Å²) in [4.78, 5) is 11.0. The number of benzene rings is 1. The molecule has 1 unspecified atom stereocenters. The third-order valence-electron chi connectivity index (χ3n) is 1.79. The van der Waals surface area contributed by atoms with E-state index in [0.29, 0.717) is 11.1 Å². The highest BCUT2D eigenvalue weighted by Crippen LogP contribution is 2.27. The first-order chi connectivity index (χ1) is 6.56. The van der Waals surface area contributed by atoms with Gasteiger partial charge in [-0.15, -0.1) is 11.6 Å². The average Bonchev–Trinajstić information content (AvgIpc) is 2.16. The second-order valence-electron chi connectivity index (χ2n) is 2.86. The minimum atomic E-state index is -0.878. The third-order valence-corrected chi connectivity index (χ3v) is 2.33. The number of alkyl halides is 1. The number of nitriles is 1. The predicted molar refractivity (Wildman–Crippen MR) is 52.1 cm³/mol. The monoisotopic (exact) mass is 209 g/mol. The number of phenols is 1. The maximum absolute atomic E-state index is 11.0. The fourth-order valence-corrected chi connectivity index (χ4v) is 1.26. The lowest BCUT2D eigenvalue weighted by Crippen LogP contribution is -2.03. The average molecular weight is 210 g/mol. The van der Waals surface area contributed by atoms with Crippen LogP contribution in [0.5, 0.6) is 5.75 Å². The van der Waals surface area contributed by atoms with Gasteiger partial charge in [-0.3, -0.25) is 4.79 Å². The van der Waals surface area contributed by atoms with Gasteiger partial charge in [0.2, 0.25) is 0 Å². The second-order valence-corrected chi connectivity index (χ2v) is 3.29. The Labute approximate surface area is 86.5 Å². The summed E-state index contributed by atoms with van der Waals surface area (Å²) in [5, 5.41) is 17.0. The van der Waals surface area contributed by atoms with Crippen LogP contribution in [0, 0.1) is 11.3 Å². The van der Waals surface area contributed by atoms with E-state index in [1.165, 1.54) is 25.1 Å². The van der Waals surface area contributed by atoms with E-state index in [2.05, 4.69) is 0 Å². The first-order valence-electron chi connectivity index (χ1n) is 3.93. The maximum atomic E-state index is 11.0. The number of ketones is 1. The van der Waals surface area contributed by atoms with Crippen LogP contribution in [0.25, 0.3) is 0 Å². The molecule has 0 aromatic heterocycles. The number of carbonyl (C=O) groups excluding carboxylic acids is 1. The molecule has 0 aliphatic carbocycles. The van der Waals surface area contributed by atoms with E-state index in [1.54, 1.807) is 0 Å². The fourth-order valence-electron chi connectivity index (χ4n) is 1.08. The highest BCUT2D eigenvalue weighted by atomic mass is 35.5. The molecule has 0 saturated heterocycles. The second kappa shape index (κ2) is 4.12. The first kappa shape index (κ1) is 10.6. The fraction of sp³-hybridized carbons (Fsp3) is 0.200. The molecular weight excluding hydrogens is 202 g/mol. The number of nitrogens with zero attached hydrogens (tertiary/aromatic N) is 1. The lowest BCUT2D eigenvalue weighted by molar-refractivity contribution is -0.116. The summed E-state index contributed by atoms with van der Waals surface area (Å²) in [6.45, 7) is 1.34. The Bertz CT molecular complexity index is 409. The molecule has 0 amide bonds. The molecule has 0 fully saturated rings. The van der Waals surface area contributed by atoms with Crippen LogP contribution in [0.15, 0.2) is 18.2 Å². The standard InChI is InChI=1S/C10H8ClNO2/c1-6(13)10(11)9-4-8(14)3-2-7(9)5-12/h2-4,10,14H,1H3. The summed E-state index contributed by atoms with van der Waals surface area (Å²) in [5.41, 5.74) is 0.652. The number of Topliss-reactive ketones (excluding diaryl/α,β-unsaturated/α-hetero) is 1. The molecule has 0 spiro atoms. The molecule has 1 rings (SSSR count). The summed E-state index contributed by atoms with van der Waals surface area (Å²) in [6.07, 6.45) is 0. The molecular formula is C10H8ClNO2. The quantitative estimate of drug-likeness (QED) is 0.759. The largest absolute Gasteiger partial charge is 0.508 e. The summed E-state index contributed by atoms with van der Waals surface area (Å²) < 4.78 is 0. The van der Waals surface area contributed by atoms with Gasteiger partial charge in [0.1, 0.15) is 11.1 Å². The van der Waals surface area contributed by atoms with Crippen molar-refractivity contribution in [3.8, 4) is 11.8 Å². The zero-order chi connectivity index (χ0) is 10.7. The van der Waals surface area contributed by atoms with Crippen LogP contribution in [0.4, 0.5) is 0 Å². The van der Waals surface area contributed by atoms with Crippen LogP contribution >= 0.6 is 11.6 Å². The molecule has 4 heteroatoms. The van der Waals surface area contributed by atoms with Crippen LogP contribution in [-0.4, -0.2) is 10.9 Å². The highest BCUT2D eigenvalue weighted by molar-refractivity contribution is 6.31. The van der Waals surface area contributed by atoms with Crippen LogP contribution in [0.2, 0.25) is 0 Å². The topological polar surface area (TPSA) is 61.1 Å². The van der Waals surface area contributed by atoms with E-state index in [1.807, 2.05) is 6.07 Å². The van der Waals surface area contributed by atoms with Gasteiger partial charge in [-0.1, -0.05) is 0 Å². The summed E-state index contributed by atoms with van der Waals surface area (Å²) in [7, 11) is 0. The molecule has 14 heavy (non-hydrogen) atoms. The Hall–Kier alpha value is -1.53. The summed E-state index contributed by atoms with van der Waals surface area (Å²) in [5.74, 6) is -0.264. The van der Waals surface area contributed by atoms with Gasteiger partial charge < -0.3 is 5.11 Å². The molecule has 0 aliphatic rings. The number of aromatic hydroxyl groups is 1. The zero-order valence-electron chi connectivity index (χ0n) is 7.49. The smallest absolute Gasteiger partial charge is 0.152 e. The minimum absolute atomic E-state index is 0.00843. The third kappa shape index (κ3) is 2.04. The summed E-state index contributed by atoms with van der Waals surface area (Å²) >= 11 is 5.79. The lowest BCUT2D eigenvalue weighted by Gasteiger charge is -2.07. The zero-order valence-corrected chi connectivity index (χ0v) is 8.25. The molecule has 1 aromatic carbocycles. The van der Waals surface area contributed by atoms with Gasteiger partial charge in [0.05, 0.1) is 11.6 Å². The predicted octanol–water partition coefficient (Wildman–Crippen LogP) is 2.13. The molecule has 1 N–H and O–H groups in total. The number of rotatable bonds is 2. The van der Waals surface area contributed by atoms with Crippen molar-refractivity contribution in [2.24, 2.45) is 0 Å². The van der Waals surface area contributed by atoms with Crippen LogP contribution in [0.1, 0.15) is 23.4 Å². The minimum Gasteiger partial charge on any atom is -0.508 e. The first-order valence-corrected chi connectivity index (χ1v) is 4.37. The number of phenolic OH excluding ortho intramolecular Hbond substituents is 1. The normalized spacial score (nSPS) is 11.8. The molecule has 0 bridgehead atoms. The van der Waals surface area contributed by atoms with Crippen molar-refractivity contribution in [1.82, 2.24) is 0 Å². The lowest BCUT2D eigenvalue weighted by atomic mass is 10.0. The molecule has 0 heterocycles. The van der Waals surface area contributed by atoms with Crippen molar-refractivity contribution in [2.45, 2.75) is 12.3 Å². The Morgan fingerprint density at radius 2 is 2.29 bits per heavy atom. The summed E-state index contributed by atoms with van der Waals surface area (Å²) in [6, 6.07) is 6.06. The molecule has 0 radical (unpaired) electrons. The molecule has 0 saturated carbocycles. The van der Waals surface area contributed by atoms with Gasteiger partial charge in [-0.05, 0) is 30.7 Å². The Morgan fingerprint density at radius 3 is 2.79 bits per heavy atom.